The molecule has 5 rings (SSSR count). The number of likely N-dealkylation sites (tertiary alicyclic amines) is 1. The molecule has 1 aliphatic heterocycles. The zero-order valence-corrected chi connectivity index (χ0v) is 23.7. The van der Waals surface area contributed by atoms with Crippen LogP contribution in [0.15, 0.2) is 71.3 Å². The van der Waals surface area contributed by atoms with Gasteiger partial charge in [-0.1, -0.05) is 53.7 Å². The van der Waals surface area contributed by atoms with Gasteiger partial charge in [0.2, 0.25) is 0 Å². The van der Waals surface area contributed by atoms with Crippen LogP contribution >= 0.6 is 24.8 Å². The molecule has 0 atom stereocenters. The number of rotatable bonds is 8. The average Bonchev–Trinajstić information content (AvgIpc) is 3.32. The predicted molar refractivity (Wildman–Crippen MR) is 159 cm³/mol. The molecule has 2 heterocycles. The number of aromatic nitrogens is 1. The van der Waals surface area contributed by atoms with Crippen molar-refractivity contribution in [2.45, 2.75) is 38.8 Å². The number of piperidine rings is 1. The molecule has 0 aliphatic carbocycles. The van der Waals surface area contributed by atoms with E-state index in [4.69, 9.17) is 4.52 Å². The molecule has 7 heteroatoms. The van der Waals surface area contributed by atoms with Gasteiger partial charge in [0, 0.05) is 24.0 Å². The Bertz CT molecular complexity index is 1360. The van der Waals surface area contributed by atoms with E-state index in [9.17, 15) is 5.26 Å². The molecule has 0 amide bonds. The Kier molecular flexibility index (Phi) is 10.8. The number of nitrogens with zero attached hydrogens (tertiary/aromatic N) is 4. The summed E-state index contributed by atoms with van der Waals surface area (Å²) in [6.45, 7) is 4.13. The van der Waals surface area contributed by atoms with Gasteiger partial charge in [0.15, 0.2) is 5.58 Å². The molecule has 1 fully saturated rings. The van der Waals surface area contributed by atoms with Crippen LogP contribution in [0.4, 0.5) is 0 Å². The topological polar surface area (TPSA) is 56.3 Å². The SMILES string of the molecule is CN(C)Cc1c(-c2cccc(C#N)c2)ccc2c(CCC3CCN(Cc4ccccc4)CC3)noc12.Cl.Cl. The summed E-state index contributed by atoms with van der Waals surface area (Å²) in [6, 6.07) is 25.1. The number of fused-ring (bicyclic) bond motifs is 1. The van der Waals surface area contributed by atoms with Gasteiger partial charge < -0.3 is 9.42 Å². The molecule has 0 saturated carbocycles. The van der Waals surface area contributed by atoms with E-state index in [-0.39, 0.29) is 24.8 Å². The first-order valence-electron chi connectivity index (χ1n) is 12.9. The second-order valence-electron chi connectivity index (χ2n) is 10.3. The number of hydrogen-bond acceptors (Lipinski definition) is 5. The quantitative estimate of drug-likeness (QED) is 0.234. The third-order valence-corrected chi connectivity index (χ3v) is 7.34. The van der Waals surface area contributed by atoms with Crippen molar-refractivity contribution >= 4 is 35.8 Å². The zero-order valence-electron chi connectivity index (χ0n) is 22.1. The maximum absolute atomic E-state index is 9.36. The molecule has 1 saturated heterocycles. The Hall–Kier alpha value is -2.88. The lowest BCUT2D eigenvalue weighted by Crippen LogP contribution is -2.33. The molecule has 200 valence electrons. The Labute approximate surface area is 238 Å². The molecular weight excluding hydrogens is 515 g/mol. The van der Waals surface area contributed by atoms with E-state index in [1.165, 1.54) is 18.4 Å². The lowest BCUT2D eigenvalue weighted by atomic mass is 9.90. The molecule has 5 nitrogen and oxygen atoms in total. The Balaban J connectivity index is 0.00000200. The molecule has 38 heavy (non-hydrogen) atoms. The lowest BCUT2D eigenvalue weighted by Gasteiger charge is -2.32. The maximum atomic E-state index is 9.36. The Morgan fingerprint density at radius 1 is 1.00 bits per heavy atom. The molecular formula is C31H36Cl2N4O. The summed E-state index contributed by atoms with van der Waals surface area (Å²) in [5, 5.41) is 15.0. The van der Waals surface area contributed by atoms with Crippen LogP contribution in [0.2, 0.25) is 0 Å². The number of aryl methyl sites for hydroxylation is 1. The maximum Gasteiger partial charge on any atom is 0.172 e. The normalized spacial score (nSPS) is 14.2. The monoisotopic (exact) mass is 550 g/mol. The molecule has 3 aromatic carbocycles. The van der Waals surface area contributed by atoms with E-state index in [1.54, 1.807) is 0 Å². The van der Waals surface area contributed by atoms with Gasteiger partial charge in [-0.25, -0.2) is 0 Å². The standard InChI is InChI=1S/C31H34N4O.2ClH/c1-34(2)22-29-27(26-10-6-9-25(19-26)20-32)12-13-28-30(33-36-31(28)29)14-11-23-15-17-35(18-16-23)21-24-7-4-3-5-8-24;;/h3-10,12-13,19,23H,11,14-18,21-22H2,1-2H3;2*1H. The average molecular weight is 552 g/mol. The van der Waals surface area contributed by atoms with Crippen LogP contribution < -0.4 is 0 Å². The third-order valence-electron chi connectivity index (χ3n) is 7.34. The smallest absolute Gasteiger partial charge is 0.172 e. The van der Waals surface area contributed by atoms with Crippen LogP contribution in [0.5, 0.6) is 0 Å². The van der Waals surface area contributed by atoms with Gasteiger partial charge in [0.25, 0.3) is 0 Å². The first kappa shape index (κ1) is 29.7. The molecule has 0 bridgehead atoms. The minimum atomic E-state index is 0. The molecule has 0 spiro atoms. The van der Waals surface area contributed by atoms with Gasteiger partial charge in [0.05, 0.1) is 17.3 Å². The summed E-state index contributed by atoms with van der Waals surface area (Å²) in [6.07, 6.45) is 4.58. The van der Waals surface area contributed by atoms with Crippen molar-refractivity contribution in [2.75, 3.05) is 27.2 Å². The summed E-state index contributed by atoms with van der Waals surface area (Å²) in [4.78, 5) is 4.73. The van der Waals surface area contributed by atoms with Crippen molar-refractivity contribution in [3.63, 3.8) is 0 Å². The molecule has 0 radical (unpaired) electrons. The van der Waals surface area contributed by atoms with E-state index < -0.39 is 0 Å². The minimum Gasteiger partial charge on any atom is -0.356 e. The predicted octanol–water partition coefficient (Wildman–Crippen LogP) is 7.12. The van der Waals surface area contributed by atoms with E-state index in [0.717, 1.165) is 78.3 Å². The first-order chi connectivity index (χ1) is 17.6. The molecule has 1 aromatic heterocycles. The second kappa shape index (κ2) is 13.8. The van der Waals surface area contributed by atoms with Crippen molar-refractivity contribution in [1.29, 1.82) is 5.26 Å². The molecule has 1 aliphatic rings. The number of benzene rings is 3. The van der Waals surface area contributed by atoms with Crippen LogP contribution in [0.3, 0.4) is 0 Å². The highest BCUT2D eigenvalue weighted by Gasteiger charge is 2.22. The minimum absolute atomic E-state index is 0. The number of nitriles is 1. The van der Waals surface area contributed by atoms with E-state index >= 15 is 0 Å². The van der Waals surface area contributed by atoms with Crippen molar-refractivity contribution < 1.29 is 4.52 Å². The van der Waals surface area contributed by atoms with Crippen LogP contribution in [0.1, 0.15) is 41.6 Å². The summed E-state index contributed by atoms with van der Waals surface area (Å²) in [5.41, 5.74) is 7.26. The summed E-state index contributed by atoms with van der Waals surface area (Å²) in [5.74, 6) is 0.734. The van der Waals surface area contributed by atoms with Gasteiger partial charge in [-0.3, -0.25) is 4.90 Å². The van der Waals surface area contributed by atoms with E-state index in [2.05, 4.69) is 83.7 Å². The number of halogens is 2. The zero-order chi connectivity index (χ0) is 24.9. The highest BCUT2D eigenvalue weighted by Crippen LogP contribution is 2.34. The van der Waals surface area contributed by atoms with Gasteiger partial charge in [-0.05, 0) is 93.7 Å². The summed E-state index contributed by atoms with van der Waals surface area (Å²) < 4.78 is 5.97. The van der Waals surface area contributed by atoms with Gasteiger partial charge in [-0.15, -0.1) is 24.8 Å². The Morgan fingerprint density at radius 2 is 1.76 bits per heavy atom. The Morgan fingerprint density at radius 3 is 2.47 bits per heavy atom. The third kappa shape index (κ3) is 6.95. The largest absolute Gasteiger partial charge is 0.356 e. The van der Waals surface area contributed by atoms with Crippen LogP contribution in [0.25, 0.3) is 22.1 Å². The molecule has 0 N–H and O–H groups in total. The van der Waals surface area contributed by atoms with Gasteiger partial charge in [0.1, 0.15) is 0 Å². The van der Waals surface area contributed by atoms with Crippen molar-refractivity contribution in [2.24, 2.45) is 5.92 Å². The number of hydrogen-bond donors (Lipinski definition) is 0. The van der Waals surface area contributed by atoms with Crippen LogP contribution in [-0.2, 0) is 19.5 Å². The van der Waals surface area contributed by atoms with Gasteiger partial charge in [-0.2, -0.15) is 5.26 Å². The first-order valence-corrected chi connectivity index (χ1v) is 12.9. The molecule has 0 unspecified atom stereocenters. The van der Waals surface area contributed by atoms with Crippen molar-refractivity contribution in [3.05, 3.63) is 89.1 Å². The van der Waals surface area contributed by atoms with E-state index in [1.807, 2.05) is 18.2 Å². The van der Waals surface area contributed by atoms with Crippen LogP contribution in [-0.4, -0.2) is 42.1 Å². The highest BCUT2D eigenvalue weighted by molar-refractivity contribution is 5.89. The molecule has 4 aromatic rings. The van der Waals surface area contributed by atoms with E-state index in [0.29, 0.717) is 5.56 Å². The van der Waals surface area contributed by atoms with Gasteiger partial charge >= 0.3 is 0 Å². The fourth-order valence-electron chi connectivity index (χ4n) is 5.41. The fourth-order valence-corrected chi connectivity index (χ4v) is 5.41. The van der Waals surface area contributed by atoms with Crippen LogP contribution in [0, 0.1) is 17.2 Å². The summed E-state index contributed by atoms with van der Waals surface area (Å²) in [7, 11) is 4.13. The van der Waals surface area contributed by atoms with Crippen molar-refractivity contribution in [1.82, 2.24) is 15.0 Å². The highest BCUT2D eigenvalue weighted by atomic mass is 35.5. The fraction of sp³-hybridized carbons (Fsp3) is 0.355. The summed E-state index contributed by atoms with van der Waals surface area (Å²) >= 11 is 0. The second-order valence-corrected chi connectivity index (χ2v) is 10.3. The van der Waals surface area contributed by atoms with Crippen molar-refractivity contribution in [3.8, 4) is 17.2 Å². The lowest BCUT2D eigenvalue weighted by molar-refractivity contribution is 0.172.